The first kappa shape index (κ1) is 26.8. The number of nitrogens with one attached hydrogen (secondary N) is 1. The normalized spacial score (nSPS) is 20.3. The Morgan fingerprint density at radius 3 is 2.45 bits per heavy atom. The van der Waals surface area contributed by atoms with Crippen LogP contribution in [0.2, 0.25) is 0 Å². The van der Waals surface area contributed by atoms with Gasteiger partial charge in [-0.3, -0.25) is 9.89 Å². The van der Waals surface area contributed by atoms with Gasteiger partial charge in [0.1, 0.15) is 5.84 Å². The molecule has 0 unspecified atom stereocenters. The summed E-state index contributed by atoms with van der Waals surface area (Å²) in [5.41, 5.74) is 7.51. The molecule has 0 radical (unpaired) electrons. The zero-order valence-corrected chi connectivity index (χ0v) is 24.2. The van der Waals surface area contributed by atoms with Crippen molar-refractivity contribution in [1.29, 1.82) is 0 Å². The third-order valence-electron chi connectivity index (χ3n) is 8.58. The highest BCUT2D eigenvalue weighted by Gasteiger charge is 2.36. The number of rotatable bonds is 6. The van der Waals surface area contributed by atoms with E-state index in [-0.39, 0.29) is 12.1 Å². The molecule has 0 atom stereocenters. The fraction of sp³-hybridized carbons (Fsp3) is 0.531. The minimum absolute atomic E-state index is 0.0616. The van der Waals surface area contributed by atoms with Gasteiger partial charge in [-0.05, 0) is 69.0 Å². The average molecular weight is 543 g/mol. The van der Waals surface area contributed by atoms with Crippen LogP contribution < -0.4 is 15.1 Å². The molecule has 1 saturated heterocycles. The van der Waals surface area contributed by atoms with Crippen LogP contribution in [0.1, 0.15) is 62.6 Å². The molecule has 4 aliphatic rings. The molecule has 8 nitrogen and oxygen atoms in total. The summed E-state index contributed by atoms with van der Waals surface area (Å²) in [5, 5.41) is 10.3. The van der Waals surface area contributed by atoms with E-state index in [2.05, 4.69) is 72.4 Å². The van der Waals surface area contributed by atoms with Gasteiger partial charge in [0.05, 0.1) is 42.9 Å². The van der Waals surface area contributed by atoms with Gasteiger partial charge in [-0.2, -0.15) is 5.10 Å². The van der Waals surface area contributed by atoms with Gasteiger partial charge in [0.15, 0.2) is 0 Å². The molecule has 40 heavy (non-hydrogen) atoms. The van der Waals surface area contributed by atoms with E-state index in [1.54, 1.807) is 5.01 Å². The Balaban J connectivity index is 1.46. The molecule has 2 aromatic carbocycles. The van der Waals surface area contributed by atoms with Crippen LogP contribution in [0.25, 0.3) is 0 Å². The molecule has 212 valence electrons. The molecule has 2 aromatic rings. The molecule has 1 aliphatic carbocycles. The molecule has 3 aliphatic heterocycles. The predicted molar refractivity (Wildman–Crippen MR) is 162 cm³/mol. The van der Waals surface area contributed by atoms with Crippen molar-refractivity contribution in [1.82, 2.24) is 10.3 Å². The molecular weight excluding hydrogens is 500 g/mol. The molecule has 2 fully saturated rings. The Hall–Kier alpha value is -3.39. The standard InChI is InChI=1S/C32H42N6O2/c1-22(2)38-32(39)37(26-11-9-24(10-12-26)20-30-33-13-14-34-30)29-19-23(3)28(36-15-17-40-18-16-36)21-27(29)31(35-38)25-7-5-4-6-8-25/h9-12,19,21-22,25H,4-8,13-18,20H2,1-3H3,(H,33,34). The predicted octanol–water partition coefficient (Wildman–Crippen LogP) is 5.64. The number of amidine groups is 1. The largest absolute Gasteiger partial charge is 0.378 e. The van der Waals surface area contributed by atoms with Crippen molar-refractivity contribution in [2.45, 2.75) is 65.3 Å². The first-order chi connectivity index (χ1) is 19.5. The van der Waals surface area contributed by atoms with Crippen molar-refractivity contribution in [2.24, 2.45) is 16.0 Å². The van der Waals surface area contributed by atoms with Gasteiger partial charge in [-0.25, -0.2) is 9.80 Å². The Labute approximate surface area is 238 Å². The number of hydrogen-bond acceptors (Lipinski definition) is 6. The van der Waals surface area contributed by atoms with Crippen LogP contribution in [0.15, 0.2) is 46.5 Å². The van der Waals surface area contributed by atoms with E-state index in [0.717, 1.165) is 87.1 Å². The lowest BCUT2D eigenvalue weighted by atomic mass is 9.82. The van der Waals surface area contributed by atoms with Gasteiger partial charge in [0.2, 0.25) is 0 Å². The van der Waals surface area contributed by atoms with Gasteiger partial charge in [-0.1, -0.05) is 31.4 Å². The highest BCUT2D eigenvalue weighted by molar-refractivity contribution is 6.14. The minimum Gasteiger partial charge on any atom is -0.378 e. The number of ether oxygens (including phenoxy) is 1. The summed E-state index contributed by atoms with van der Waals surface area (Å²) >= 11 is 0. The van der Waals surface area contributed by atoms with Crippen LogP contribution in [0.3, 0.4) is 0 Å². The maximum absolute atomic E-state index is 14.3. The van der Waals surface area contributed by atoms with Crippen LogP contribution in [-0.2, 0) is 11.2 Å². The number of carbonyl (C=O) groups excluding carboxylic acids is 1. The average Bonchev–Trinajstić information content (AvgIpc) is 3.45. The molecule has 0 spiro atoms. The van der Waals surface area contributed by atoms with Gasteiger partial charge in [0.25, 0.3) is 0 Å². The number of benzene rings is 2. The first-order valence-corrected chi connectivity index (χ1v) is 15.1. The van der Waals surface area contributed by atoms with Gasteiger partial charge < -0.3 is 15.0 Å². The number of urea groups is 1. The summed E-state index contributed by atoms with van der Waals surface area (Å²) < 4.78 is 5.65. The molecule has 0 aromatic heterocycles. The minimum atomic E-state index is -0.102. The Bertz CT molecular complexity index is 1290. The number of hydrazone groups is 1. The number of amides is 2. The van der Waals surface area contributed by atoms with Crippen molar-refractivity contribution in [3.63, 3.8) is 0 Å². The summed E-state index contributed by atoms with van der Waals surface area (Å²) in [6.45, 7) is 11.2. The highest BCUT2D eigenvalue weighted by Crippen LogP contribution is 2.41. The number of aliphatic imine (C=N–C) groups is 1. The molecule has 0 bridgehead atoms. The van der Waals surface area contributed by atoms with Crippen LogP contribution in [-0.4, -0.2) is 68.0 Å². The zero-order chi connectivity index (χ0) is 27.6. The van der Waals surface area contributed by atoms with E-state index in [1.165, 1.54) is 36.1 Å². The number of carbonyl (C=O) groups is 1. The maximum Gasteiger partial charge on any atom is 0.349 e. The second-order valence-electron chi connectivity index (χ2n) is 11.7. The second-order valence-corrected chi connectivity index (χ2v) is 11.7. The Kier molecular flexibility index (Phi) is 7.78. The second kappa shape index (κ2) is 11.6. The lowest BCUT2D eigenvalue weighted by Crippen LogP contribution is -2.41. The summed E-state index contributed by atoms with van der Waals surface area (Å²) in [4.78, 5) is 23.2. The maximum atomic E-state index is 14.3. The zero-order valence-electron chi connectivity index (χ0n) is 24.2. The van der Waals surface area contributed by atoms with E-state index in [0.29, 0.717) is 5.92 Å². The summed E-state index contributed by atoms with van der Waals surface area (Å²) in [7, 11) is 0. The lowest BCUT2D eigenvalue weighted by Gasteiger charge is -2.33. The van der Waals surface area contributed by atoms with Gasteiger partial charge in [-0.15, -0.1) is 0 Å². The van der Waals surface area contributed by atoms with Crippen LogP contribution in [0.5, 0.6) is 0 Å². The third-order valence-corrected chi connectivity index (χ3v) is 8.58. The fourth-order valence-electron chi connectivity index (χ4n) is 6.42. The molecule has 1 N–H and O–H groups in total. The van der Waals surface area contributed by atoms with Gasteiger partial charge >= 0.3 is 6.03 Å². The fourth-order valence-corrected chi connectivity index (χ4v) is 6.42. The molecular formula is C32H42N6O2. The first-order valence-electron chi connectivity index (χ1n) is 15.1. The van der Waals surface area contributed by atoms with Crippen LogP contribution in [0, 0.1) is 12.8 Å². The van der Waals surface area contributed by atoms with Crippen molar-refractivity contribution in [3.8, 4) is 0 Å². The van der Waals surface area contributed by atoms with Gasteiger partial charge in [0, 0.05) is 43.2 Å². The summed E-state index contributed by atoms with van der Waals surface area (Å²) in [6.07, 6.45) is 6.71. The topological polar surface area (TPSA) is 72.8 Å². The van der Waals surface area contributed by atoms with Crippen molar-refractivity contribution < 1.29 is 9.53 Å². The molecule has 8 heteroatoms. The SMILES string of the molecule is Cc1cc2c(cc1N1CCOCC1)C(C1CCCCC1)=NN(C(C)C)C(=O)N2c1ccc(CC2=NCCN2)cc1. The quantitative estimate of drug-likeness (QED) is 0.513. The highest BCUT2D eigenvalue weighted by atomic mass is 16.5. The number of nitrogens with zero attached hydrogens (tertiary/aromatic N) is 5. The smallest absolute Gasteiger partial charge is 0.349 e. The number of morpholine rings is 1. The number of hydrogen-bond donors (Lipinski definition) is 1. The molecule has 1 saturated carbocycles. The molecule has 2 amide bonds. The van der Waals surface area contributed by atoms with E-state index in [9.17, 15) is 4.79 Å². The molecule has 6 rings (SSSR count). The van der Waals surface area contributed by atoms with Crippen molar-refractivity contribution >= 4 is 34.6 Å². The van der Waals surface area contributed by atoms with E-state index in [4.69, 9.17) is 9.84 Å². The monoisotopic (exact) mass is 542 g/mol. The van der Waals surface area contributed by atoms with Crippen LogP contribution >= 0.6 is 0 Å². The van der Waals surface area contributed by atoms with E-state index < -0.39 is 0 Å². The van der Waals surface area contributed by atoms with Crippen molar-refractivity contribution in [2.75, 3.05) is 49.2 Å². The Morgan fingerprint density at radius 2 is 1.77 bits per heavy atom. The Morgan fingerprint density at radius 1 is 1.02 bits per heavy atom. The number of fused-ring (bicyclic) bond motifs is 1. The van der Waals surface area contributed by atoms with E-state index >= 15 is 0 Å². The third kappa shape index (κ3) is 5.33. The number of anilines is 3. The summed E-state index contributed by atoms with van der Waals surface area (Å²) in [5.74, 6) is 1.38. The van der Waals surface area contributed by atoms with E-state index in [1.807, 2.05) is 4.90 Å². The van der Waals surface area contributed by atoms with Crippen molar-refractivity contribution in [3.05, 3.63) is 53.1 Å². The summed E-state index contributed by atoms with van der Waals surface area (Å²) in [6, 6.07) is 12.7. The number of aryl methyl sites for hydroxylation is 1. The van der Waals surface area contributed by atoms with Crippen LogP contribution in [0.4, 0.5) is 21.9 Å². The lowest BCUT2D eigenvalue weighted by molar-refractivity contribution is 0.122. The molecule has 3 heterocycles.